The van der Waals surface area contributed by atoms with Gasteiger partial charge in [0.15, 0.2) is 0 Å². The first-order valence-electron chi connectivity index (χ1n) is 12.8. The molecule has 3 rings (SSSR count). The highest BCUT2D eigenvalue weighted by Gasteiger charge is 2.48. The van der Waals surface area contributed by atoms with Crippen LogP contribution in [-0.4, -0.2) is 21.2 Å². The van der Waals surface area contributed by atoms with Gasteiger partial charge in [-0.25, -0.2) is 0 Å². The third kappa shape index (κ3) is 6.67. The number of carbonyl (C=O) groups excluding carboxylic acids is 1. The lowest BCUT2D eigenvalue weighted by atomic mass is 10.0. The summed E-state index contributed by atoms with van der Waals surface area (Å²) in [4.78, 5) is 15.4. The molecule has 0 saturated heterocycles. The molecule has 2 aliphatic rings. The molecule has 4 nitrogen and oxygen atoms in total. The van der Waals surface area contributed by atoms with Gasteiger partial charge in [-0.3, -0.25) is 9.48 Å². The molecule has 2 aliphatic carbocycles. The van der Waals surface area contributed by atoms with Crippen LogP contribution >= 0.6 is 11.8 Å². The van der Waals surface area contributed by atoms with Crippen molar-refractivity contribution >= 4 is 17.7 Å². The van der Waals surface area contributed by atoms with Gasteiger partial charge in [0.05, 0.1) is 5.54 Å². The van der Waals surface area contributed by atoms with E-state index in [-0.39, 0.29) is 5.69 Å². The SMILES string of the molecule is C=C/C=C(\C=C(/CCC)C1CC1)C(S/C(=C\C)C1(NC(=O)c2cc(C(C)(F)F)nn2C)CC1)=C(C)C. The standard InChI is InChI=1S/C29H39F2N3OS/c1-8-11-21(20-13-14-20)17-22(12-9-2)26(19(4)5)36-25(10-3)29(15-16-29)32-27(35)23-18-24(28(6,30)31)33-34(23)7/h9-10,12,17-18,20H,2,8,11,13-16H2,1,3-7H3,(H,32,35)/b21-17+,22-12+,25-10-. The van der Waals surface area contributed by atoms with Crippen molar-refractivity contribution in [3.63, 3.8) is 0 Å². The van der Waals surface area contributed by atoms with E-state index in [1.54, 1.807) is 11.8 Å². The number of allylic oxidation sites excluding steroid dienone is 7. The van der Waals surface area contributed by atoms with Crippen molar-refractivity contribution in [2.45, 2.75) is 84.6 Å². The van der Waals surface area contributed by atoms with E-state index >= 15 is 0 Å². The molecule has 7 heteroatoms. The van der Waals surface area contributed by atoms with Crippen molar-refractivity contribution in [2.75, 3.05) is 0 Å². The second kappa shape index (κ2) is 11.3. The lowest BCUT2D eigenvalue weighted by Crippen LogP contribution is -2.38. The minimum atomic E-state index is -3.10. The average Bonchev–Trinajstić information content (AvgIpc) is 3.72. The van der Waals surface area contributed by atoms with Gasteiger partial charge in [0.2, 0.25) is 0 Å². The van der Waals surface area contributed by atoms with Gasteiger partial charge >= 0.3 is 0 Å². The van der Waals surface area contributed by atoms with Gasteiger partial charge in [-0.2, -0.15) is 13.9 Å². The number of thioether (sulfide) groups is 1. The van der Waals surface area contributed by atoms with Crippen molar-refractivity contribution < 1.29 is 13.6 Å². The van der Waals surface area contributed by atoms with Crippen molar-refractivity contribution in [1.29, 1.82) is 0 Å². The zero-order chi connectivity index (χ0) is 26.7. The highest BCUT2D eigenvalue weighted by molar-refractivity contribution is 8.07. The minimum Gasteiger partial charge on any atom is -0.341 e. The first-order chi connectivity index (χ1) is 17.0. The zero-order valence-electron chi connectivity index (χ0n) is 22.4. The predicted molar refractivity (Wildman–Crippen MR) is 146 cm³/mol. The Morgan fingerprint density at radius 2 is 2.03 bits per heavy atom. The molecule has 1 aromatic heterocycles. The fourth-order valence-electron chi connectivity index (χ4n) is 4.38. The van der Waals surface area contributed by atoms with Crippen LogP contribution in [0.3, 0.4) is 0 Å². The molecule has 0 unspecified atom stereocenters. The van der Waals surface area contributed by atoms with Crippen LogP contribution in [0.15, 0.2) is 63.5 Å². The monoisotopic (exact) mass is 515 g/mol. The molecule has 1 N–H and O–H groups in total. The Morgan fingerprint density at radius 1 is 1.36 bits per heavy atom. The number of amides is 1. The van der Waals surface area contributed by atoms with Crippen LogP contribution in [0.5, 0.6) is 0 Å². The maximum Gasteiger partial charge on any atom is 0.288 e. The highest BCUT2D eigenvalue weighted by Crippen LogP contribution is 2.51. The number of halogens is 2. The van der Waals surface area contributed by atoms with Crippen molar-refractivity contribution in [3.05, 3.63) is 74.9 Å². The summed E-state index contributed by atoms with van der Waals surface area (Å²) in [6, 6.07) is 1.18. The lowest BCUT2D eigenvalue weighted by molar-refractivity contribution is 0.0122. The number of nitrogens with zero attached hydrogens (tertiary/aromatic N) is 2. The number of aromatic nitrogens is 2. The normalized spacial score (nSPS) is 18.2. The molecule has 1 heterocycles. The summed E-state index contributed by atoms with van der Waals surface area (Å²) in [7, 11) is 1.52. The number of alkyl halides is 2. The second-order valence-electron chi connectivity index (χ2n) is 10.1. The summed E-state index contributed by atoms with van der Waals surface area (Å²) in [6.07, 6.45) is 14.6. The molecule has 36 heavy (non-hydrogen) atoms. The van der Waals surface area contributed by atoms with E-state index in [9.17, 15) is 13.6 Å². The molecule has 196 valence electrons. The van der Waals surface area contributed by atoms with Gasteiger partial charge in [0, 0.05) is 23.8 Å². The summed E-state index contributed by atoms with van der Waals surface area (Å²) in [5.74, 6) is -2.80. The van der Waals surface area contributed by atoms with E-state index in [0.717, 1.165) is 48.0 Å². The van der Waals surface area contributed by atoms with Gasteiger partial charge in [-0.05, 0) is 70.4 Å². The smallest absolute Gasteiger partial charge is 0.288 e. The van der Waals surface area contributed by atoms with E-state index in [2.05, 4.69) is 56.0 Å². The molecule has 0 atom stereocenters. The fourth-order valence-corrected chi connectivity index (χ4v) is 5.62. The molecule has 0 radical (unpaired) electrons. The Balaban J connectivity index is 1.85. The van der Waals surface area contributed by atoms with E-state index < -0.39 is 23.1 Å². The summed E-state index contributed by atoms with van der Waals surface area (Å²) < 4.78 is 28.7. The van der Waals surface area contributed by atoms with Crippen LogP contribution in [0.1, 0.15) is 89.3 Å². The van der Waals surface area contributed by atoms with E-state index in [4.69, 9.17) is 0 Å². The topological polar surface area (TPSA) is 46.9 Å². The first-order valence-corrected chi connectivity index (χ1v) is 13.6. The predicted octanol–water partition coefficient (Wildman–Crippen LogP) is 7.97. The fraction of sp³-hybridized carbons (Fsp3) is 0.517. The van der Waals surface area contributed by atoms with Gasteiger partial charge < -0.3 is 5.32 Å². The summed E-state index contributed by atoms with van der Waals surface area (Å²) >= 11 is 1.68. The molecule has 0 aliphatic heterocycles. The third-order valence-corrected chi connectivity index (χ3v) is 8.30. The molecule has 0 spiro atoms. The molecule has 0 aromatic carbocycles. The van der Waals surface area contributed by atoms with Crippen LogP contribution in [-0.2, 0) is 13.0 Å². The summed E-state index contributed by atoms with van der Waals surface area (Å²) in [5, 5.41) is 6.98. The first kappa shape index (κ1) is 28.2. The van der Waals surface area contributed by atoms with Gasteiger partial charge in [0.1, 0.15) is 11.4 Å². The number of aryl methyl sites for hydroxylation is 1. The number of hydrogen-bond acceptors (Lipinski definition) is 3. The maximum absolute atomic E-state index is 13.8. The molecular formula is C29H39F2N3OS. The largest absolute Gasteiger partial charge is 0.341 e. The Morgan fingerprint density at radius 3 is 2.47 bits per heavy atom. The van der Waals surface area contributed by atoms with Gasteiger partial charge in [0.25, 0.3) is 11.8 Å². The zero-order valence-corrected chi connectivity index (χ0v) is 23.2. The number of carbonyl (C=O) groups is 1. The molecule has 1 amide bonds. The quantitative estimate of drug-likeness (QED) is 0.287. The van der Waals surface area contributed by atoms with E-state index in [1.807, 2.05) is 13.0 Å². The second-order valence-corrected chi connectivity index (χ2v) is 11.2. The molecule has 0 bridgehead atoms. The van der Waals surface area contributed by atoms with Crippen LogP contribution in [0.25, 0.3) is 0 Å². The minimum absolute atomic E-state index is 0.129. The maximum atomic E-state index is 13.8. The van der Waals surface area contributed by atoms with Crippen LogP contribution in [0.4, 0.5) is 8.78 Å². The molecule has 2 saturated carbocycles. The Labute approximate surface area is 218 Å². The summed E-state index contributed by atoms with van der Waals surface area (Å²) in [6.45, 7) is 13.1. The summed E-state index contributed by atoms with van der Waals surface area (Å²) in [5.41, 5.74) is 3.07. The van der Waals surface area contributed by atoms with Crippen LogP contribution < -0.4 is 5.32 Å². The highest BCUT2D eigenvalue weighted by atomic mass is 32.2. The lowest BCUT2D eigenvalue weighted by Gasteiger charge is -2.23. The van der Waals surface area contributed by atoms with Crippen molar-refractivity contribution in [3.8, 4) is 0 Å². The van der Waals surface area contributed by atoms with Gasteiger partial charge in [-0.1, -0.05) is 67.1 Å². The van der Waals surface area contributed by atoms with Gasteiger partial charge in [-0.15, -0.1) is 0 Å². The Hall–Kier alpha value is -2.41. The van der Waals surface area contributed by atoms with Crippen molar-refractivity contribution in [2.24, 2.45) is 13.0 Å². The molecule has 1 aromatic rings. The average molecular weight is 516 g/mol. The Bertz CT molecular complexity index is 1120. The van der Waals surface area contributed by atoms with Crippen molar-refractivity contribution in [1.82, 2.24) is 15.1 Å². The molecule has 2 fully saturated rings. The Kier molecular flexibility index (Phi) is 8.86. The van der Waals surface area contributed by atoms with Crippen LogP contribution in [0, 0.1) is 5.92 Å². The number of nitrogens with one attached hydrogen (secondary N) is 1. The number of hydrogen-bond donors (Lipinski definition) is 1. The number of rotatable bonds is 12. The third-order valence-electron chi connectivity index (χ3n) is 6.61. The van der Waals surface area contributed by atoms with Crippen LogP contribution in [0.2, 0.25) is 0 Å². The molecular weight excluding hydrogens is 476 g/mol. The van der Waals surface area contributed by atoms with E-state index in [0.29, 0.717) is 5.92 Å². The van der Waals surface area contributed by atoms with E-state index in [1.165, 1.54) is 41.8 Å².